The summed E-state index contributed by atoms with van der Waals surface area (Å²) in [6.45, 7) is 4.96. The highest BCUT2D eigenvalue weighted by molar-refractivity contribution is 7.89. The number of nitrogens with zero attached hydrogens (tertiary/aromatic N) is 1. The van der Waals surface area contributed by atoms with Crippen LogP contribution in [-0.2, 0) is 24.2 Å². The average molecular weight is 331 g/mol. The van der Waals surface area contributed by atoms with Crippen LogP contribution in [-0.4, -0.2) is 50.2 Å². The molecule has 6 nitrogen and oxygen atoms in total. The zero-order valence-corrected chi connectivity index (χ0v) is 14.0. The Bertz CT molecular complexity index is 518. The molecule has 3 rings (SSSR count). The van der Waals surface area contributed by atoms with E-state index < -0.39 is 15.3 Å². The lowest BCUT2D eigenvalue weighted by molar-refractivity contribution is -0.0265. The van der Waals surface area contributed by atoms with Gasteiger partial charge in [0, 0.05) is 6.04 Å². The second-order valence-electron chi connectivity index (χ2n) is 6.54. The maximum absolute atomic E-state index is 12.6. The number of hydrogen-bond donors (Lipinski definition) is 0. The molecular weight excluding hydrogens is 306 g/mol. The van der Waals surface area contributed by atoms with Crippen LogP contribution in [0.2, 0.25) is 0 Å². The molecule has 1 atom stereocenters. The first kappa shape index (κ1) is 16.2. The Morgan fingerprint density at radius 2 is 1.91 bits per heavy atom. The van der Waals surface area contributed by atoms with Gasteiger partial charge in [-0.25, -0.2) is 8.42 Å². The van der Waals surface area contributed by atoms with E-state index in [4.69, 9.17) is 14.2 Å². The van der Waals surface area contributed by atoms with Gasteiger partial charge in [-0.05, 0) is 51.0 Å². The van der Waals surface area contributed by atoms with Crippen LogP contribution in [0.4, 0.5) is 0 Å². The predicted molar refractivity (Wildman–Crippen MR) is 81.4 cm³/mol. The Balaban J connectivity index is 1.65. The van der Waals surface area contributed by atoms with Crippen LogP contribution in [0.25, 0.3) is 0 Å². The van der Waals surface area contributed by atoms with Crippen molar-refractivity contribution in [1.29, 1.82) is 0 Å². The Labute approximate surface area is 132 Å². The van der Waals surface area contributed by atoms with Gasteiger partial charge in [-0.3, -0.25) is 0 Å². The van der Waals surface area contributed by atoms with Crippen molar-refractivity contribution in [2.24, 2.45) is 5.92 Å². The maximum Gasteiger partial charge on any atom is 0.218 e. The Hall–Kier alpha value is -0.630. The molecule has 0 radical (unpaired) electrons. The third-order valence-electron chi connectivity index (χ3n) is 4.72. The molecule has 0 aromatic carbocycles. The molecule has 126 valence electrons. The quantitative estimate of drug-likeness (QED) is 0.719. The van der Waals surface area contributed by atoms with Gasteiger partial charge in [0.05, 0.1) is 24.7 Å². The van der Waals surface area contributed by atoms with Crippen molar-refractivity contribution >= 4 is 10.0 Å². The first-order chi connectivity index (χ1) is 10.5. The van der Waals surface area contributed by atoms with Crippen molar-refractivity contribution in [1.82, 2.24) is 4.31 Å². The number of sulfonamides is 1. The van der Waals surface area contributed by atoms with Crippen molar-refractivity contribution in [3.05, 3.63) is 11.8 Å². The molecule has 3 aliphatic rings. The molecule has 1 saturated carbocycles. The zero-order valence-electron chi connectivity index (χ0n) is 13.2. The van der Waals surface area contributed by atoms with Gasteiger partial charge in [-0.15, -0.1) is 0 Å². The first-order valence-electron chi connectivity index (χ1n) is 8.02. The van der Waals surface area contributed by atoms with E-state index in [0.717, 1.165) is 25.7 Å². The standard InChI is InChI=1S/C15H25NO5S/c1-11(2)22(17,18)16(15-9-21-15)14-5-3-12(4-6-14)13-7-19-10-20-8-13/h7,11-12,14-15H,3-6,8-10H2,1-2H3. The Morgan fingerprint density at radius 1 is 1.23 bits per heavy atom. The van der Waals surface area contributed by atoms with Gasteiger partial charge < -0.3 is 14.2 Å². The van der Waals surface area contributed by atoms with Crippen LogP contribution >= 0.6 is 0 Å². The Kier molecular flexibility index (Phi) is 4.77. The maximum atomic E-state index is 12.6. The summed E-state index contributed by atoms with van der Waals surface area (Å²) < 4.78 is 42.7. The number of hydrogen-bond acceptors (Lipinski definition) is 5. The number of ether oxygens (including phenoxy) is 3. The minimum Gasteiger partial charge on any atom is -0.475 e. The van der Waals surface area contributed by atoms with Gasteiger partial charge in [0.1, 0.15) is 6.23 Å². The summed E-state index contributed by atoms with van der Waals surface area (Å²) in [5, 5.41) is -0.405. The Morgan fingerprint density at radius 3 is 2.41 bits per heavy atom. The molecule has 0 aromatic heterocycles. The highest BCUT2D eigenvalue weighted by atomic mass is 32.2. The van der Waals surface area contributed by atoms with E-state index in [-0.39, 0.29) is 12.3 Å². The summed E-state index contributed by atoms with van der Waals surface area (Å²) in [5.74, 6) is 0.445. The molecular formula is C15H25NO5S. The fourth-order valence-electron chi connectivity index (χ4n) is 3.34. The van der Waals surface area contributed by atoms with Crippen molar-refractivity contribution < 1.29 is 22.6 Å². The first-order valence-corrected chi connectivity index (χ1v) is 9.52. The largest absolute Gasteiger partial charge is 0.475 e. The van der Waals surface area contributed by atoms with Gasteiger partial charge in [0.2, 0.25) is 10.0 Å². The number of rotatable bonds is 5. The molecule has 2 heterocycles. The van der Waals surface area contributed by atoms with E-state index in [1.807, 2.05) is 6.26 Å². The van der Waals surface area contributed by atoms with Crippen LogP contribution in [0.3, 0.4) is 0 Å². The number of epoxide rings is 1. The summed E-state index contributed by atoms with van der Waals surface area (Å²) in [6.07, 6.45) is 5.26. The van der Waals surface area contributed by atoms with Crippen molar-refractivity contribution in [3.63, 3.8) is 0 Å². The van der Waals surface area contributed by atoms with Gasteiger partial charge in [0.25, 0.3) is 0 Å². The molecule has 1 unspecified atom stereocenters. The summed E-state index contributed by atoms with van der Waals surface area (Å²) >= 11 is 0. The van der Waals surface area contributed by atoms with E-state index in [1.54, 1.807) is 18.2 Å². The third kappa shape index (κ3) is 3.32. The fourth-order valence-corrected chi connectivity index (χ4v) is 4.90. The normalized spacial score (nSPS) is 32.7. The molecule has 2 aliphatic heterocycles. The third-order valence-corrected chi connectivity index (χ3v) is 7.04. The van der Waals surface area contributed by atoms with E-state index >= 15 is 0 Å². The topological polar surface area (TPSA) is 68.4 Å². The summed E-state index contributed by atoms with van der Waals surface area (Å²) in [5.41, 5.74) is 1.20. The molecule has 1 aliphatic carbocycles. The van der Waals surface area contributed by atoms with Gasteiger partial charge in [-0.1, -0.05) is 0 Å². The van der Waals surface area contributed by atoms with Gasteiger partial charge in [0.15, 0.2) is 6.79 Å². The van der Waals surface area contributed by atoms with Crippen molar-refractivity contribution in [3.8, 4) is 0 Å². The predicted octanol–water partition coefficient (Wildman–Crippen LogP) is 1.83. The molecule has 0 aromatic rings. The molecule has 0 amide bonds. The molecule has 0 bridgehead atoms. The highest BCUT2D eigenvalue weighted by Crippen LogP contribution is 2.37. The average Bonchev–Trinajstić information content (AvgIpc) is 3.33. The van der Waals surface area contributed by atoms with Crippen LogP contribution in [0, 0.1) is 5.92 Å². The minimum atomic E-state index is -3.27. The molecule has 0 spiro atoms. The molecule has 22 heavy (non-hydrogen) atoms. The summed E-state index contributed by atoms with van der Waals surface area (Å²) in [6, 6.07) is 0.0576. The monoisotopic (exact) mass is 331 g/mol. The van der Waals surface area contributed by atoms with Crippen LogP contribution in [0.1, 0.15) is 39.5 Å². The minimum absolute atomic E-state index is 0.0576. The lowest BCUT2D eigenvalue weighted by Gasteiger charge is -2.37. The van der Waals surface area contributed by atoms with E-state index in [1.165, 1.54) is 5.57 Å². The molecule has 2 fully saturated rings. The van der Waals surface area contributed by atoms with Gasteiger partial charge >= 0.3 is 0 Å². The van der Waals surface area contributed by atoms with Gasteiger partial charge in [-0.2, -0.15) is 4.31 Å². The lowest BCUT2D eigenvalue weighted by Crippen LogP contribution is -2.47. The second kappa shape index (κ2) is 6.47. The van der Waals surface area contributed by atoms with Crippen molar-refractivity contribution in [2.75, 3.05) is 20.0 Å². The van der Waals surface area contributed by atoms with Crippen LogP contribution < -0.4 is 0 Å². The highest BCUT2D eigenvalue weighted by Gasteiger charge is 2.45. The lowest BCUT2D eigenvalue weighted by atomic mass is 9.82. The van der Waals surface area contributed by atoms with E-state index in [0.29, 0.717) is 25.9 Å². The molecule has 1 saturated heterocycles. The van der Waals surface area contributed by atoms with Crippen LogP contribution in [0.15, 0.2) is 11.8 Å². The molecule has 7 heteroatoms. The fraction of sp³-hybridized carbons (Fsp3) is 0.867. The van der Waals surface area contributed by atoms with Crippen LogP contribution in [0.5, 0.6) is 0 Å². The molecule has 0 N–H and O–H groups in total. The SMILES string of the molecule is CC(C)S(=O)(=O)N(C1CCC(C2=COCOC2)CC1)C1CO1. The van der Waals surface area contributed by atoms with Crippen molar-refractivity contribution in [2.45, 2.75) is 57.1 Å². The summed E-state index contributed by atoms with van der Waals surface area (Å²) in [7, 11) is -3.27. The zero-order chi connectivity index (χ0) is 15.7. The second-order valence-corrected chi connectivity index (χ2v) is 8.94. The smallest absolute Gasteiger partial charge is 0.218 e. The van der Waals surface area contributed by atoms with E-state index in [9.17, 15) is 8.42 Å². The van der Waals surface area contributed by atoms with E-state index in [2.05, 4.69) is 0 Å². The summed E-state index contributed by atoms with van der Waals surface area (Å²) in [4.78, 5) is 0.